The summed E-state index contributed by atoms with van der Waals surface area (Å²) in [6.07, 6.45) is 1.08. The molecule has 1 atom stereocenters. The maximum absolute atomic E-state index is 9.21. The van der Waals surface area contributed by atoms with Crippen molar-refractivity contribution in [1.29, 1.82) is 0 Å². The molecule has 0 aliphatic heterocycles. The van der Waals surface area contributed by atoms with E-state index < -0.39 is 0 Å². The van der Waals surface area contributed by atoms with Crippen molar-refractivity contribution >= 4 is 0 Å². The number of hydrogen-bond donors (Lipinski definition) is 2. The van der Waals surface area contributed by atoms with Crippen LogP contribution in [-0.4, -0.2) is 18.3 Å². The second-order valence-corrected chi connectivity index (χ2v) is 5.52. The molecule has 1 aromatic carbocycles. The standard InChI is InChI=1S/C15H25NO/c1-5-13-6-8-14(9-7-13)12(2)16-10-15(3,4)11-17/h6-9,12,16-17H,5,10-11H2,1-4H3. The molecular weight excluding hydrogens is 210 g/mol. The van der Waals surface area contributed by atoms with Gasteiger partial charge in [-0.3, -0.25) is 0 Å². The van der Waals surface area contributed by atoms with E-state index in [1.165, 1.54) is 11.1 Å². The van der Waals surface area contributed by atoms with Crippen LogP contribution in [0.4, 0.5) is 0 Å². The fourth-order valence-corrected chi connectivity index (χ4v) is 1.65. The third-order valence-corrected chi connectivity index (χ3v) is 3.20. The number of benzene rings is 1. The maximum Gasteiger partial charge on any atom is 0.0494 e. The fraction of sp³-hybridized carbons (Fsp3) is 0.600. The van der Waals surface area contributed by atoms with Gasteiger partial charge < -0.3 is 10.4 Å². The lowest BCUT2D eigenvalue weighted by Gasteiger charge is -2.25. The summed E-state index contributed by atoms with van der Waals surface area (Å²) >= 11 is 0. The largest absolute Gasteiger partial charge is 0.396 e. The summed E-state index contributed by atoms with van der Waals surface area (Å²) in [5.41, 5.74) is 2.62. The van der Waals surface area contributed by atoms with Crippen molar-refractivity contribution in [3.8, 4) is 0 Å². The van der Waals surface area contributed by atoms with Crippen molar-refractivity contribution < 1.29 is 5.11 Å². The number of aryl methyl sites for hydroxylation is 1. The highest BCUT2D eigenvalue weighted by Crippen LogP contribution is 2.17. The van der Waals surface area contributed by atoms with E-state index in [-0.39, 0.29) is 12.0 Å². The first kappa shape index (κ1) is 14.2. The normalized spacial score (nSPS) is 13.7. The maximum atomic E-state index is 9.21. The lowest BCUT2D eigenvalue weighted by atomic mass is 9.94. The van der Waals surface area contributed by atoms with Crippen LogP contribution in [0, 0.1) is 5.41 Å². The van der Waals surface area contributed by atoms with Crippen molar-refractivity contribution in [3.05, 3.63) is 35.4 Å². The lowest BCUT2D eigenvalue weighted by molar-refractivity contribution is 0.154. The zero-order valence-electron chi connectivity index (χ0n) is 11.5. The predicted octanol–water partition coefficient (Wildman–Crippen LogP) is 2.92. The summed E-state index contributed by atoms with van der Waals surface area (Å²) in [6.45, 7) is 9.48. The monoisotopic (exact) mass is 235 g/mol. The smallest absolute Gasteiger partial charge is 0.0494 e. The van der Waals surface area contributed by atoms with E-state index in [4.69, 9.17) is 0 Å². The van der Waals surface area contributed by atoms with Gasteiger partial charge in [-0.25, -0.2) is 0 Å². The quantitative estimate of drug-likeness (QED) is 0.794. The van der Waals surface area contributed by atoms with E-state index in [1.54, 1.807) is 0 Å². The molecule has 2 nitrogen and oxygen atoms in total. The molecule has 0 fully saturated rings. The summed E-state index contributed by atoms with van der Waals surface area (Å²) in [6, 6.07) is 9.06. The average Bonchev–Trinajstić information content (AvgIpc) is 2.36. The molecule has 0 aliphatic carbocycles. The van der Waals surface area contributed by atoms with Crippen molar-refractivity contribution in [2.75, 3.05) is 13.2 Å². The van der Waals surface area contributed by atoms with Crippen LogP contribution >= 0.6 is 0 Å². The minimum absolute atomic E-state index is 0.0579. The Morgan fingerprint density at radius 2 is 1.82 bits per heavy atom. The minimum atomic E-state index is -0.0579. The molecule has 0 bridgehead atoms. The second-order valence-electron chi connectivity index (χ2n) is 5.52. The van der Waals surface area contributed by atoms with Gasteiger partial charge in [0.15, 0.2) is 0 Å². The highest BCUT2D eigenvalue weighted by Gasteiger charge is 2.17. The van der Waals surface area contributed by atoms with Crippen molar-refractivity contribution in [2.45, 2.75) is 40.2 Å². The lowest BCUT2D eigenvalue weighted by Crippen LogP contribution is -2.33. The molecule has 0 saturated heterocycles. The summed E-state index contributed by atoms with van der Waals surface area (Å²) in [5.74, 6) is 0. The Morgan fingerprint density at radius 3 is 2.29 bits per heavy atom. The van der Waals surface area contributed by atoms with E-state index in [2.05, 4.69) is 57.3 Å². The highest BCUT2D eigenvalue weighted by molar-refractivity contribution is 5.24. The predicted molar refractivity (Wildman–Crippen MR) is 73.1 cm³/mol. The Balaban J connectivity index is 2.54. The summed E-state index contributed by atoms with van der Waals surface area (Å²) in [4.78, 5) is 0. The van der Waals surface area contributed by atoms with E-state index >= 15 is 0 Å². The molecule has 17 heavy (non-hydrogen) atoms. The zero-order chi connectivity index (χ0) is 12.9. The average molecular weight is 235 g/mol. The van der Waals surface area contributed by atoms with Gasteiger partial charge in [0.05, 0.1) is 0 Å². The third-order valence-electron chi connectivity index (χ3n) is 3.20. The van der Waals surface area contributed by atoms with Crippen LogP contribution in [0.5, 0.6) is 0 Å². The molecule has 0 amide bonds. The molecule has 2 heteroatoms. The van der Waals surface area contributed by atoms with Crippen molar-refractivity contribution in [2.24, 2.45) is 5.41 Å². The van der Waals surface area contributed by atoms with E-state index in [0.717, 1.165) is 13.0 Å². The van der Waals surface area contributed by atoms with E-state index in [0.29, 0.717) is 6.04 Å². The first-order valence-corrected chi connectivity index (χ1v) is 6.41. The molecule has 96 valence electrons. The van der Waals surface area contributed by atoms with Crippen LogP contribution < -0.4 is 5.32 Å². The molecule has 2 N–H and O–H groups in total. The van der Waals surface area contributed by atoms with Crippen LogP contribution in [0.25, 0.3) is 0 Å². The SMILES string of the molecule is CCc1ccc(C(C)NCC(C)(C)CO)cc1. The molecular formula is C15H25NO. The van der Waals surface area contributed by atoms with Gasteiger partial charge in [0.25, 0.3) is 0 Å². The van der Waals surface area contributed by atoms with Crippen molar-refractivity contribution in [1.82, 2.24) is 5.32 Å². The Hall–Kier alpha value is -0.860. The molecule has 0 radical (unpaired) electrons. The number of rotatable bonds is 6. The second kappa shape index (κ2) is 6.18. The van der Waals surface area contributed by atoms with Gasteiger partial charge in [-0.1, -0.05) is 45.0 Å². The molecule has 0 aliphatic rings. The molecule has 1 rings (SSSR count). The Bertz CT molecular complexity index is 329. The van der Waals surface area contributed by atoms with Gasteiger partial charge in [0.1, 0.15) is 0 Å². The molecule has 0 aromatic heterocycles. The van der Waals surface area contributed by atoms with Crippen LogP contribution in [0.1, 0.15) is 44.9 Å². The molecule has 1 aromatic rings. The Labute approximate surface area is 105 Å². The van der Waals surface area contributed by atoms with Crippen molar-refractivity contribution in [3.63, 3.8) is 0 Å². The molecule has 0 saturated carbocycles. The Morgan fingerprint density at radius 1 is 1.24 bits per heavy atom. The minimum Gasteiger partial charge on any atom is -0.396 e. The first-order chi connectivity index (χ1) is 7.98. The third kappa shape index (κ3) is 4.49. The topological polar surface area (TPSA) is 32.3 Å². The number of nitrogens with one attached hydrogen (secondary N) is 1. The van der Waals surface area contributed by atoms with Gasteiger partial charge in [-0.2, -0.15) is 0 Å². The first-order valence-electron chi connectivity index (χ1n) is 6.41. The fourth-order valence-electron chi connectivity index (χ4n) is 1.65. The summed E-state index contributed by atoms with van der Waals surface area (Å²) in [5, 5.41) is 12.7. The van der Waals surface area contributed by atoms with E-state index in [1.807, 2.05) is 0 Å². The van der Waals surface area contributed by atoms with E-state index in [9.17, 15) is 5.11 Å². The molecule has 1 unspecified atom stereocenters. The number of aliphatic hydroxyl groups excluding tert-OH is 1. The van der Waals surface area contributed by atoms with Crippen LogP contribution in [0.3, 0.4) is 0 Å². The number of hydrogen-bond acceptors (Lipinski definition) is 2. The zero-order valence-corrected chi connectivity index (χ0v) is 11.5. The Kier molecular flexibility index (Phi) is 5.16. The van der Waals surface area contributed by atoms with Gasteiger partial charge in [0.2, 0.25) is 0 Å². The molecule has 0 heterocycles. The van der Waals surface area contributed by atoms with Gasteiger partial charge in [0, 0.05) is 24.6 Å². The van der Waals surface area contributed by atoms with Gasteiger partial charge in [-0.05, 0) is 24.5 Å². The summed E-state index contributed by atoms with van der Waals surface area (Å²) in [7, 11) is 0. The molecule has 0 spiro atoms. The van der Waals surface area contributed by atoms with Crippen LogP contribution in [0.15, 0.2) is 24.3 Å². The van der Waals surface area contributed by atoms with Gasteiger partial charge in [-0.15, -0.1) is 0 Å². The summed E-state index contributed by atoms with van der Waals surface area (Å²) < 4.78 is 0. The number of aliphatic hydroxyl groups is 1. The van der Waals surface area contributed by atoms with Crippen LogP contribution in [0.2, 0.25) is 0 Å². The van der Waals surface area contributed by atoms with Crippen LogP contribution in [-0.2, 0) is 6.42 Å². The van der Waals surface area contributed by atoms with Gasteiger partial charge >= 0.3 is 0 Å². The highest BCUT2D eigenvalue weighted by atomic mass is 16.3.